The average Bonchev–Trinajstić information content (AvgIpc) is 2.51. The highest BCUT2D eigenvalue weighted by molar-refractivity contribution is 6.50. The molecule has 24 heavy (non-hydrogen) atoms. The number of nitrogens with two attached hydrogens (primary N) is 1. The molecule has 2 rings (SSSR count). The molecule has 0 saturated carbocycles. The summed E-state index contributed by atoms with van der Waals surface area (Å²) >= 11 is 11.8. The minimum absolute atomic E-state index is 0.0960. The highest BCUT2D eigenvalue weighted by Gasteiger charge is 2.27. The van der Waals surface area contributed by atoms with E-state index in [2.05, 4.69) is 5.32 Å². The van der Waals surface area contributed by atoms with E-state index in [0.717, 1.165) is 4.90 Å². The Morgan fingerprint density at radius 3 is 2.38 bits per heavy atom. The molecule has 0 radical (unpaired) electrons. The van der Waals surface area contributed by atoms with Gasteiger partial charge in [-0.15, -0.1) is 0 Å². The van der Waals surface area contributed by atoms with E-state index in [1.165, 1.54) is 31.2 Å². The van der Waals surface area contributed by atoms with Crippen molar-refractivity contribution >= 4 is 58.0 Å². The van der Waals surface area contributed by atoms with E-state index in [1.807, 2.05) is 0 Å². The molecule has 0 spiro atoms. The molecule has 0 atom stereocenters. The fourth-order valence-corrected chi connectivity index (χ4v) is 2.33. The number of rotatable bonds is 2. The van der Waals surface area contributed by atoms with Crippen LogP contribution < -0.4 is 16.0 Å². The van der Waals surface area contributed by atoms with Crippen molar-refractivity contribution in [1.29, 1.82) is 0 Å². The number of carbonyl (C=O) groups is 3. The molecule has 8 heteroatoms. The quantitative estimate of drug-likeness (QED) is 0.631. The zero-order chi connectivity index (χ0) is 17.9. The van der Waals surface area contributed by atoms with E-state index in [9.17, 15) is 14.4 Å². The summed E-state index contributed by atoms with van der Waals surface area (Å²) in [7, 11) is 0. The summed E-state index contributed by atoms with van der Waals surface area (Å²) in [6.07, 6.45) is 0. The molecular formula is C16H13Cl2N3O3. The van der Waals surface area contributed by atoms with Crippen LogP contribution in [0.15, 0.2) is 42.5 Å². The fraction of sp³-hybridized carbons (Fsp3) is 0.0625. The first-order valence-electron chi connectivity index (χ1n) is 6.77. The van der Waals surface area contributed by atoms with E-state index in [1.54, 1.807) is 18.2 Å². The molecule has 3 N–H and O–H groups in total. The maximum atomic E-state index is 12.4. The first-order chi connectivity index (χ1) is 11.3. The van der Waals surface area contributed by atoms with Crippen LogP contribution >= 0.6 is 23.2 Å². The number of hydrogen-bond acceptors (Lipinski definition) is 4. The summed E-state index contributed by atoms with van der Waals surface area (Å²) in [6.45, 7) is 1.17. The van der Waals surface area contributed by atoms with Crippen molar-refractivity contribution < 1.29 is 14.4 Å². The van der Waals surface area contributed by atoms with Gasteiger partial charge in [-0.1, -0.05) is 35.3 Å². The minimum atomic E-state index is -1.07. The standard InChI is InChI=1S/C16H13Cl2N3O3/c1-9(22)21(11-5-2-4-10(19)8-11)16(24)15(23)20-13-7-3-6-12(17)14(13)18/h2-8H,19H2,1H3,(H,20,23). The van der Waals surface area contributed by atoms with Gasteiger partial charge >= 0.3 is 11.8 Å². The molecule has 0 saturated heterocycles. The van der Waals surface area contributed by atoms with Gasteiger partial charge < -0.3 is 11.1 Å². The number of carbonyl (C=O) groups excluding carboxylic acids is 3. The van der Waals surface area contributed by atoms with E-state index >= 15 is 0 Å². The Labute approximate surface area is 148 Å². The second-order valence-electron chi connectivity index (χ2n) is 4.81. The number of hydrogen-bond donors (Lipinski definition) is 2. The number of imide groups is 1. The maximum Gasteiger partial charge on any atom is 0.323 e. The Hall–Kier alpha value is -2.57. The normalized spacial score (nSPS) is 10.1. The summed E-state index contributed by atoms with van der Waals surface area (Å²) < 4.78 is 0. The second kappa shape index (κ2) is 7.33. The number of amides is 3. The van der Waals surface area contributed by atoms with Gasteiger partial charge in [0.15, 0.2) is 0 Å². The molecule has 0 aliphatic heterocycles. The predicted octanol–water partition coefficient (Wildman–Crippen LogP) is 3.09. The average molecular weight is 366 g/mol. The summed E-state index contributed by atoms with van der Waals surface area (Å²) in [5.74, 6) is -2.72. The van der Waals surface area contributed by atoms with Crippen LogP contribution in [0.4, 0.5) is 17.1 Å². The van der Waals surface area contributed by atoms with Crippen molar-refractivity contribution in [3.05, 3.63) is 52.5 Å². The zero-order valence-corrected chi connectivity index (χ0v) is 14.1. The summed E-state index contributed by atoms with van der Waals surface area (Å²) in [5, 5.41) is 2.66. The maximum absolute atomic E-state index is 12.4. The number of nitrogen functional groups attached to an aromatic ring is 1. The van der Waals surface area contributed by atoms with Gasteiger partial charge in [0.1, 0.15) is 0 Å². The lowest BCUT2D eigenvalue weighted by Gasteiger charge is -2.19. The van der Waals surface area contributed by atoms with Crippen LogP contribution in [-0.4, -0.2) is 17.7 Å². The molecule has 0 bridgehead atoms. The third-order valence-electron chi connectivity index (χ3n) is 3.04. The summed E-state index contributed by atoms with van der Waals surface area (Å²) in [6, 6.07) is 10.7. The molecule has 6 nitrogen and oxygen atoms in total. The highest BCUT2D eigenvalue weighted by atomic mass is 35.5. The van der Waals surface area contributed by atoms with Crippen molar-refractivity contribution in [1.82, 2.24) is 0 Å². The molecule has 0 fully saturated rings. The van der Waals surface area contributed by atoms with Crippen LogP contribution in [0.1, 0.15) is 6.92 Å². The van der Waals surface area contributed by atoms with Crippen LogP contribution in [0.25, 0.3) is 0 Å². The second-order valence-corrected chi connectivity index (χ2v) is 5.60. The van der Waals surface area contributed by atoms with E-state index in [-0.39, 0.29) is 21.4 Å². The van der Waals surface area contributed by atoms with Gasteiger partial charge in [-0.05, 0) is 30.3 Å². The number of benzene rings is 2. The smallest absolute Gasteiger partial charge is 0.323 e. The van der Waals surface area contributed by atoms with E-state index in [4.69, 9.17) is 28.9 Å². The van der Waals surface area contributed by atoms with E-state index in [0.29, 0.717) is 5.69 Å². The Morgan fingerprint density at radius 1 is 1.08 bits per heavy atom. The predicted molar refractivity (Wildman–Crippen MR) is 94.1 cm³/mol. The Bertz CT molecular complexity index is 824. The largest absolute Gasteiger partial charge is 0.399 e. The first kappa shape index (κ1) is 17.8. The third kappa shape index (κ3) is 3.84. The number of nitrogens with zero attached hydrogens (tertiary/aromatic N) is 1. The van der Waals surface area contributed by atoms with E-state index < -0.39 is 17.7 Å². The molecule has 0 aliphatic carbocycles. The number of halogens is 2. The van der Waals surface area contributed by atoms with Crippen LogP contribution in [0.5, 0.6) is 0 Å². The van der Waals surface area contributed by atoms with Gasteiger partial charge in [0.05, 0.1) is 21.4 Å². The fourth-order valence-electron chi connectivity index (χ4n) is 1.98. The Balaban J connectivity index is 2.28. The van der Waals surface area contributed by atoms with Crippen LogP contribution in [0.2, 0.25) is 10.0 Å². The summed E-state index contributed by atoms with van der Waals surface area (Å²) in [5.41, 5.74) is 6.36. The highest BCUT2D eigenvalue weighted by Crippen LogP contribution is 2.29. The lowest BCUT2D eigenvalue weighted by Crippen LogP contribution is -2.42. The zero-order valence-electron chi connectivity index (χ0n) is 12.5. The number of nitrogens with one attached hydrogen (secondary N) is 1. The molecule has 2 aromatic carbocycles. The van der Waals surface area contributed by atoms with Gasteiger partial charge in [-0.2, -0.15) is 0 Å². The van der Waals surface area contributed by atoms with Crippen LogP contribution in [-0.2, 0) is 14.4 Å². The van der Waals surface area contributed by atoms with Crippen LogP contribution in [0.3, 0.4) is 0 Å². The molecule has 0 heterocycles. The van der Waals surface area contributed by atoms with Gasteiger partial charge in [-0.25, -0.2) is 4.90 Å². The number of anilines is 3. The Morgan fingerprint density at radius 2 is 1.75 bits per heavy atom. The first-order valence-corrected chi connectivity index (χ1v) is 7.52. The van der Waals surface area contributed by atoms with Crippen molar-refractivity contribution in [3.63, 3.8) is 0 Å². The SMILES string of the molecule is CC(=O)N(C(=O)C(=O)Nc1cccc(Cl)c1Cl)c1cccc(N)c1. The lowest BCUT2D eigenvalue weighted by molar-refractivity contribution is -0.136. The minimum Gasteiger partial charge on any atom is -0.399 e. The van der Waals surface area contributed by atoms with Crippen molar-refractivity contribution in [3.8, 4) is 0 Å². The van der Waals surface area contributed by atoms with Gasteiger partial charge in [0.2, 0.25) is 5.91 Å². The topological polar surface area (TPSA) is 92.5 Å². The molecule has 3 amide bonds. The third-order valence-corrected chi connectivity index (χ3v) is 3.86. The summed E-state index contributed by atoms with van der Waals surface area (Å²) in [4.78, 5) is 37.1. The molecule has 0 aliphatic rings. The lowest BCUT2D eigenvalue weighted by atomic mass is 10.2. The Kier molecular flexibility index (Phi) is 5.43. The molecule has 2 aromatic rings. The molecule has 0 unspecified atom stereocenters. The molecule has 0 aromatic heterocycles. The monoisotopic (exact) mass is 365 g/mol. The molecular weight excluding hydrogens is 353 g/mol. The molecule has 124 valence electrons. The van der Waals surface area contributed by atoms with Crippen LogP contribution in [0, 0.1) is 0 Å². The van der Waals surface area contributed by atoms with Gasteiger partial charge in [0, 0.05) is 12.6 Å². The van der Waals surface area contributed by atoms with Crippen molar-refractivity contribution in [2.75, 3.05) is 16.0 Å². The van der Waals surface area contributed by atoms with Gasteiger partial charge in [0.25, 0.3) is 0 Å². The van der Waals surface area contributed by atoms with Gasteiger partial charge in [-0.3, -0.25) is 14.4 Å². The van der Waals surface area contributed by atoms with Crippen molar-refractivity contribution in [2.45, 2.75) is 6.92 Å². The van der Waals surface area contributed by atoms with Crippen molar-refractivity contribution in [2.24, 2.45) is 0 Å².